The van der Waals surface area contributed by atoms with Crippen molar-refractivity contribution >= 4 is 0 Å². The van der Waals surface area contributed by atoms with Crippen molar-refractivity contribution in [1.29, 1.82) is 5.26 Å². The lowest BCUT2D eigenvalue weighted by molar-refractivity contribution is 0.414. The van der Waals surface area contributed by atoms with E-state index in [-0.39, 0.29) is 6.04 Å². The number of hydrogen-bond acceptors (Lipinski definition) is 3. The van der Waals surface area contributed by atoms with Crippen molar-refractivity contribution in [2.75, 3.05) is 7.11 Å². The maximum Gasteiger partial charge on any atom is 0.119 e. The van der Waals surface area contributed by atoms with Gasteiger partial charge in [-0.2, -0.15) is 5.26 Å². The Hall–Kier alpha value is -1.79. The predicted octanol–water partition coefficient (Wildman–Crippen LogP) is 1.75. The van der Waals surface area contributed by atoms with Crippen LogP contribution in [0.4, 0.5) is 0 Å². The van der Waals surface area contributed by atoms with Crippen LogP contribution in [0.5, 0.6) is 5.75 Å². The molecule has 2 N–H and O–H groups in total. The molecule has 0 spiro atoms. The van der Waals surface area contributed by atoms with Gasteiger partial charge in [0.1, 0.15) is 5.75 Å². The molecular formula is C11H12N2O. The third kappa shape index (κ3) is 1.93. The zero-order chi connectivity index (χ0) is 10.6. The van der Waals surface area contributed by atoms with E-state index in [0.29, 0.717) is 11.3 Å². The fourth-order valence-electron chi connectivity index (χ4n) is 1.17. The molecule has 1 aromatic carbocycles. The van der Waals surface area contributed by atoms with Crippen molar-refractivity contribution in [2.45, 2.75) is 6.04 Å². The minimum Gasteiger partial charge on any atom is -0.497 e. The van der Waals surface area contributed by atoms with Gasteiger partial charge in [0.15, 0.2) is 0 Å². The topological polar surface area (TPSA) is 59.0 Å². The summed E-state index contributed by atoms with van der Waals surface area (Å²) in [4.78, 5) is 0. The summed E-state index contributed by atoms with van der Waals surface area (Å²) >= 11 is 0. The van der Waals surface area contributed by atoms with Crippen molar-refractivity contribution in [3.05, 3.63) is 42.0 Å². The molecule has 0 unspecified atom stereocenters. The van der Waals surface area contributed by atoms with Crippen LogP contribution in [0.25, 0.3) is 0 Å². The lowest BCUT2D eigenvalue weighted by Crippen LogP contribution is -2.08. The monoisotopic (exact) mass is 188 g/mol. The SMILES string of the molecule is C=C[C@@H](N)c1cc(OC)ccc1C#N. The fourth-order valence-corrected chi connectivity index (χ4v) is 1.17. The molecule has 1 atom stereocenters. The van der Waals surface area contributed by atoms with Crippen molar-refractivity contribution in [3.8, 4) is 11.8 Å². The Kier molecular flexibility index (Phi) is 3.27. The minimum atomic E-state index is -0.334. The lowest BCUT2D eigenvalue weighted by atomic mass is 10.0. The molecule has 0 aliphatic carbocycles. The number of rotatable bonds is 3. The Balaban J connectivity index is 3.22. The average Bonchev–Trinajstić information content (AvgIpc) is 2.27. The van der Waals surface area contributed by atoms with E-state index in [0.717, 1.165) is 5.56 Å². The lowest BCUT2D eigenvalue weighted by Gasteiger charge is -2.10. The predicted molar refractivity (Wildman–Crippen MR) is 54.8 cm³/mol. The second-order valence-corrected chi connectivity index (χ2v) is 2.83. The second-order valence-electron chi connectivity index (χ2n) is 2.83. The average molecular weight is 188 g/mol. The van der Waals surface area contributed by atoms with Crippen molar-refractivity contribution in [3.63, 3.8) is 0 Å². The highest BCUT2D eigenvalue weighted by Gasteiger charge is 2.08. The van der Waals surface area contributed by atoms with Gasteiger partial charge >= 0.3 is 0 Å². The zero-order valence-electron chi connectivity index (χ0n) is 8.03. The molecule has 0 saturated heterocycles. The van der Waals surface area contributed by atoms with Crippen LogP contribution in [0, 0.1) is 11.3 Å². The Bertz CT molecular complexity index is 379. The summed E-state index contributed by atoms with van der Waals surface area (Å²) in [5, 5.41) is 8.85. The number of nitriles is 1. The molecule has 0 aliphatic heterocycles. The third-order valence-corrected chi connectivity index (χ3v) is 1.99. The van der Waals surface area contributed by atoms with Gasteiger partial charge in [0.05, 0.1) is 18.7 Å². The van der Waals surface area contributed by atoms with E-state index >= 15 is 0 Å². The Morgan fingerprint density at radius 2 is 2.36 bits per heavy atom. The van der Waals surface area contributed by atoms with Crippen LogP contribution >= 0.6 is 0 Å². The first-order valence-corrected chi connectivity index (χ1v) is 4.19. The van der Waals surface area contributed by atoms with E-state index in [1.54, 1.807) is 31.4 Å². The molecule has 0 aromatic heterocycles. The van der Waals surface area contributed by atoms with Crippen LogP contribution in [0.15, 0.2) is 30.9 Å². The summed E-state index contributed by atoms with van der Waals surface area (Å²) in [6, 6.07) is 6.93. The molecule has 0 radical (unpaired) electrons. The molecule has 0 bridgehead atoms. The number of nitrogens with zero attached hydrogens (tertiary/aromatic N) is 1. The molecule has 3 heteroatoms. The highest BCUT2D eigenvalue weighted by atomic mass is 16.5. The highest BCUT2D eigenvalue weighted by Crippen LogP contribution is 2.22. The van der Waals surface area contributed by atoms with Gasteiger partial charge in [-0.05, 0) is 23.8 Å². The van der Waals surface area contributed by atoms with Gasteiger partial charge < -0.3 is 10.5 Å². The van der Waals surface area contributed by atoms with E-state index in [4.69, 9.17) is 15.7 Å². The summed E-state index contributed by atoms with van der Waals surface area (Å²) in [7, 11) is 1.57. The number of nitrogens with two attached hydrogens (primary N) is 1. The smallest absolute Gasteiger partial charge is 0.119 e. The maximum atomic E-state index is 8.85. The Morgan fingerprint density at radius 3 is 2.86 bits per heavy atom. The largest absolute Gasteiger partial charge is 0.497 e. The van der Waals surface area contributed by atoms with Crippen LogP contribution < -0.4 is 10.5 Å². The second kappa shape index (κ2) is 4.45. The van der Waals surface area contributed by atoms with Gasteiger partial charge in [-0.15, -0.1) is 6.58 Å². The molecule has 0 saturated carbocycles. The van der Waals surface area contributed by atoms with Crippen LogP contribution in [-0.4, -0.2) is 7.11 Å². The number of ether oxygens (including phenoxy) is 1. The fraction of sp³-hybridized carbons (Fsp3) is 0.182. The van der Waals surface area contributed by atoms with Crippen molar-refractivity contribution < 1.29 is 4.74 Å². The van der Waals surface area contributed by atoms with Gasteiger partial charge in [-0.25, -0.2) is 0 Å². The van der Waals surface area contributed by atoms with Crippen LogP contribution in [0.2, 0.25) is 0 Å². The van der Waals surface area contributed by atoms with Crippen molar-refractivity contribution in [1.82, 2.24) is 0 Å². The first kappa shape index (κ1) is 10.3. The summed E-state index contributed by atoms with van der Waals surface area (Å²) in [5.41, 5.74) is 7.06. The molecule has 72 valence electrons. The van der Waals surface area contributed by atoms with Gasteiger partial charge in [0, 0.05) is 6.04 Å². The standard InChI is InChI=1S/C11H12N2O/c1-3-11(13)10-6-9(14-2)5-4-8(10)7-12/h3-6,11H,1,13H2,2H3/t11-/m1/s1. The molecule has 1 rings (SSSR count). The first-order chi connectivity index (χ1) is 6.72. The molecular weight excluding hydrogens is 176 g/mol. The number of benzene rings is 1. The molecule has 3 nitrogen and oxygen atoms in total. The van der Waals surface area contributed by atoms with E-state index in [1.807, 2.05) is 0 Å². The Morgan fingerprint density at radius 1 is 1.64 bits per heavy atom. The van der Waals surface area contributed by atoms with Crippen LogP contribution in [0.3, 0.4) is 0 Å². The number of methoxy groups -OCH3 is 1. The van der Waals surface area contributed by atoms with Gasteiger partial charge in [0.2, 0.25) is 0 Å². The highest BCUT2D eigenvalue weighted by molar-refractivity contribution is 5.45. The summed E-state index contributed by atoms with van der Waals surface area (Å²) < 4.78 is 5.05. The summed E-state index contributed by atoms with van der Waals surface area (Å²) in [6.07, 6.45) is 1.59. The Labute approximate surface area is 83.4 Å². The number of hydrogen-bond donors (Lipinski definition) is 1. The van der Waals surface area contributed by atoms with Crippen LogP contribution in [0.1, 0.15) is 17.2 Å². The van der Waals surface area contributed by atoms with Gasteiger partial charge in [-0.1, -0.05) is 6.08 Å². The van der Waals surface area contributed by atoms with E-state index in [1.165, 1.54) is 0 Å². The molecule has 0 fully saturated rings. The first-order valence-electron chi connectivity index (χ1n) is 4.19. The molecule has 0 amide bonds. The van der Waals surface area contributed by atoms with Gasteiger partial charge in [-0.3, -0.25) is 0 Å². The maximum absolute atomic E-state index is 8.85. The van der Waals surface area contributed by atoms with E-state index < -0.39 is 0 Å². The molecule has 1 aromatic rings. The third-order valence-electron chi connectivity index (χ3n) is 1.99. The molecule has 14 heavy (non-hydrogen) atoms. The summed E-state index contributed by atoms with van der Waals surface area (Å²) in [5.74, 6) is 0.691. The van der Waals surface area contributed by atoms with E-state index in [9.17, 15) is 0 Å². The minimum absolute atomic E-state index is 0.334. The van der Waals surface area contributed by atoms with Crippen molar-refractivity contribution in [2.24, 2.45) is 5.73 Å². The van der Waals surface area contributed by atoms with Crippen LogP contribution in [-0.2, 0) is 0 Å². The molecule has 0 aliphatic rings. The normalized spacial score (nSPS) is 11.5. The van der Waals surface area contributed by atoms with Gasteiger partial charge in [0.25, 0.3) is 0 Å². The quantitative estimate of drug-likeness (QED) is 0.735. The molecule has 0 heterocycles. The van der Waals surface area contributed by atoms with E-state index in [2.05, 4.69) is 12.6 Å². The zero-order valence-corrected chi connectivity index (χ0v) is 8.03. The summed E-state index contributed by atoms with van der Waals surface area (Å²) in [6.45, 7) is 3.59.